The number of amides is 1. The molecule has 2 aliphatic rings. The molecule has 5 rings (SSSR count). The van der Waals surface area contributed by atoms with Crippen LogP contribution in [0.25, 0.3) is 10.2 Å². The highest BCUT2D eigenvalue weighted by Crippen LogP contribution is 2.37. The molecule has 0 unspecified atom stereocenters. The first-order valence-electron chi connectivity index (χ1n) is 11.6. The Morgan fingerprint density at radius 2 is 1.79 bits per heavy atom. The maximum absolute atomic E-state index is 13.3. The van der Waals surface area contributed by atoms with Crippen LogP contribution >= 0.6 is 34.4 Å². The van der Waals surface area contributed by atoms with Crippen molar-refractivity contribution in [2.24, 2.45) is 0 Å². The van der Waals surface area contributed by atoms with E-state index in [-0.39, 0.29) is 17.2 Å². The van der Waals surface area contributed by atoms with Crippen LogP contribution in [0.1, 0.15) is 65.5 Å². The van der Waals surface area contributed by atoms with Crippen molar-refractivity contribution >= 4 is 55.6 Å². The lowest BCUT2D eigenvalue weighted by Gasteiger charge is -2.12. The van der Waals surface area contributed by atoms with Gasteiger partial charge in [0.25, 0.3) is 5.56 Å². The van der Waals surface area contributed by atoms with Crippen molar-refractivity contribution in [2.75, 3.05) is 11.1 Å². The van der Waals surface area contributed by atoms with Gasteiger partial charge < -0.3 is 5.32 Å². The summed E-state index contributed by atoms with van der Waals surface area (Å²) in [6.07, 6.45) is 9.59. The predicted octanol–water partition coefficient (Wildman–Crippen LogP) is 5.29. The third kappa shape index (κ3) is 4.25. The van der Waals surface area contributed by atoms with Gasteiger partial charge in [-0.1, -0.05) is 18.2 Å². The van der Waals surface area contributed by atoms with Gasteiger partial charge >= 0.3 is 0 Å². The van der Waals surface area contributed by atoms with E-state index in [1.807, 2.05) is 6.92 Å². The number of hydrogen-bond donors (Lipinski definition) is 1. The lowest BCUT2D eigenvalue weighted by atomic mass is 9.97. The normalized spacial score (nSPS) is 15.5. The van der Waals surface area contributed by atoms with Crippen molar-refractivity contribution in [3.05, 3.63) is 36.8 Å². The maximum Gasteiger partial charge on any atom is 0.263 e. The molecule has 0 radical (unpaired) electrons. The molecule has 2 aliphatic carbocycles. The van der Waals surface area contributed by atoms with Crippen LogP contribution in [0.4, 0.5) is 5.00 Å². The van der Waals surface area contributed by atoms with E-state index in [0.29, 0.717) is 22.3 Å². The Bertz CT molecular complexity index is 1330. The van der Waals surface area contributed by atoms with Gasteiger partial charge in [-0.05, 0) is 69.4 Å². The smallest absolute Gasteiger partial charge is 0.263 e. The number of aromatic nitrogens is 2. The zero-order chi connectivity index (χ0) is 22.9. The van der Waals surface area contributed by atoms with E-state index in [1.54, 1.807) is 27.2 Å². The number of rotatable bonds is 5. The average Bonchev–Trinajstić information content (AvgIpc) is 3.25. The Morgan fingerprint density at radius 3 is 2.58 bits per heavy atom. The first kappa shape index (κ1) is 22.6. The van der Waals surface area contributed by atoms with Crippen LogP contribution in [-0.2, 0) is 37.0 Å². The molecule has 3 aromatic heterocycles. The molecule has 0 aliphatic heterocycles. The van der Waals surface area contributed by atoms with Crippen molar-refractivity contribution in [1.82, 2.24) is 9.55 Å². The van der Waals surface area contributed by atoms with Crippen LogP contribution in [0.5, 0.6) is 0 Å². The number of thiophene rings is 2. The number of thioether (sulfide) groups is 1. The highest BCUT2D eigenvalue weighted by Gasteiger charge is 2.23. The largest absolute Gasteiger partial charge is 0.316 e. The zero-order valence-electron chi connectivity index (χ0n) is 18.7. The number of aryl methyl sites for hydroxylation is 3. The molecule has 9 heteroatoms. The fourth-order valence-corrected chi connectivity index (χ4v) is 8.27. The Morgan fingerprint density at radius 1 is 1.09 bits per heavy atom. The molecule has 3 heterocycles. The number of hydrogen-bond acceptors (Lipinski definition) is 7. The van der Waals surface area contributed by atoms with Gasteiger partial charge in [-0.2, -0.15) is 5.26 Å². The summed E-state index contributed by atoms with van der Waals surface area (Å²) in [6, 6.07) is 2.31. The van der Waals surface area contributed by atoms with E-state index in [4.69, 9.17) is 4.98 Å². The van der Waals surface area contributed by atoms with Gasteiger partial charge in [0.15, 0.2) is 5.16 Å². The number of nitriles is 1. The van der Waals surface area contributed by atoms with Crippen molar-refractivity contribution in [3.8, 4) is 6.07 Å². The summed E-state index contributed by atoms with van der Waals surface area (Å²) in [4.78, 5) is 34.2. The standard InChI is InChI=1S/C24H26N4O2S3/c1-2-28-23(30)20-15-9-6-7-11-18(15)33-22(20)27-24(28)31-13-19(29)26-21-16(12-25)14-8-4-3-5-10-17(14)32-21/h2-11,13H2,1H3,(H,26,29). The fourth-order valence-electron chi connectivity index (χ4n) is 4.85. The van der Waals surface area contributed by atoms with Crippen LogP contribution in [0, 0.1) is 11.3 Å². The summed E-state index contributed by atoms with van der Waals surface area (Å²) in [5, 5.41) is 14.7. The van der Waals surface area contributed by atoms with E-state index in [9.17, 15) is 14.9 Å². The molecule has 0 saturated heterocycles. The molecule has 1 amide bonds. The molecule has 1 N–H and O–H groups in total. The third-order valence-electron chi connectivity index (χ3n) is 6.47. The van der Waals surface area contributed by atoms with Crippen molar-refractivity contribution < 1.29 is 4.79 Å². The molecule has 6 nitrogen and oxygen atoms in total. The minimum absolute atomic E-state index is 0.0126. The molecule has 0 bridgehead atoms. The zero-order valence-corrected chi connectivity index (χ0v) is 21.1. The number of nitrogens with one attached hydrogen (secondary N) is 1. The highest BCUT2D eigenvalue weighted by molar-refractivity contribution is 7.99. The first-order valence-corrected chi connectivity index (χ1v) is 14.2. The quantitative estimate of drug-likeness (QED) is 0.293. The van der Waals surface area contributed by atoms with E-state index in [1.165, 1.54) is 39.9 Å². The SMILES string of the molecule is CCn1c(SCC(=O)Nc2sc3c(c2C#N)CCCCC3)nc2sc3c(c2c1=O)CCCC3. The molecule has 0 atom stereocenters. The Balaban J connectivity index is 1.36. The van der Waals surface area contributed by atoms with Crippen molar-refractivity contribution in [2.45, 2.75) is 76.4 Å². The van der Waals surface area contributed by atoms with Gasteiger partial charge in [-0.3, -0.25) is 14.2 Å². The van der Waals surface area contributed by atoms with Crippen molar-refractivity contribution in [1.29, 1.82) is 5.26 Å². The fraction of sp³-hybridized carbons (Fsp3) is 0.500. The predicted molar refractivity (Wildman–Crippen MR) is 136 cm³/mol. The molecule has 0 spiro atoms. The number of anilines is 1. The summed E-state index contributed by atoms with van der Waals surface area (Å²) in [6.45, 7) is 2.46. The number of carbonyl (C=O) groups excluding carboxylic acids is 1. The monoisotopic (exact) mass is 498 g/mol. The van der Waals surface area contributed by atoms with Gasteiger partial charge in [-0.15, -0.1) is 22.7 Å². The first-order chi connectivity index (χ1) is 16.1. The van der Waals surface area contributed by atoms with Gasteiger partial charge in [0.1, 0.15) is 15.9 Å². The maximum atomic E-state index is 13.3. The van der Waals surface area contributed by atoms with E-state index in [0.717, 1.165) is 60.7 Å². The summed E-state index contributed by atoms with van der Waals surface area (Å²) >= 11 is 4.47. The molecule has 3 aromatic rings. The number of fused-ring (bicyclic) bond motifs is 4. The van der Waals surface area contributed by atoms with Crippen LogP contribution in [-0.4, -0.2) is 21.2 Å². The van der Waals surface area contributed by atoms with Crippen LogP contribution in [0.15, 0.2) is 9.95 Å². The lowest BCUT2D eigenvalue weighted by molar-refractivity contribution is -0.113. The van der Waals surface area contributed by atoms with E-state index in [2.05, 4.69) is 11.4 Å². The second kappa shape index (κ2) is 9.61. The number of nitrogens with zero attached hydrogens (tertiary/aromatic N) is 3. The minimum atomic E-state index is -0.171. The van der Waals surface area contributed by atoms with E-state index < -0.39 is 0 Å². The van der Waals surface area contributed by atoms with Crippen LogP contribution < -0.4 is 10.9 Å². The third-order valence-corrected chi connectivity index (χ3v) is 9.84. The summed E-state index contributed by atoms with van der Waals surface area (Å²) < 4.78 is 1.69. The lowest BCUT2D eigenvalue weighted by Crippen LogP contribution is -2.24. The summed E-state index contributed by atoms with van der Waals surface area (Å²) in [5.41, 5.74) is 2.95. The summed E-state index contributed by atoms with van der Waals surface area (Å²) in [7, 11) is 0. The Labute approximate surface area is 205 Å². The Hall–Kier alpha value is -2.15. The average molecular weight is 499 g/mol. The van der Waals surface area contributed by atoms with Gasteiger partial charge in [0.2, 0.25) is 5.91 Å². The van der Waals surface area contributed by atoms with Gasteiger partial charge in [-0.25, -0.2) is 4.98 Å². The Kier molecular flexibility index (Phi) is 6.59. The molecule has 172 valence electrons. The molecular weight excluding hydrogens is 472 g/mol. The highest BCUT2D eigenvalue weighted by atomic mass is 32.2. The topological polar surface area (TPSA) is 87.8 Å². The second-order valence-corrected chi connectivity index (χ2v) is 11.7. The summed E-state index contributed by atoms with van der Waals surface area (Å²) in [5.74, 6) is -0.0217. The van der Waals surface area contributed by atoms with Crippen LogP contribution in [0.3, 0.4) is 0 Å². The molecule has 0 aromatic carbocycles. The van der Waals surface area contributed by atoms with Crippen LogP contribution in [0.2, 0.25) is 0 Å². The van der Waals surface area contributed by atoms with Gasteiger partial charge in [0, 0.05) is 16.3 Å². The van der Waals surface area contributed by atoms with Gasteiger partial charge in [0.05, 0.1) is 16.7 Å². The van der Waals surface area contributed by atoms with Crippen molar-refractivity contribution in [3.63, 3.8) is 0 Å². The second-order valence-electron chi connectivity index (χ2n) is 8.55. The minimum Gasteiger partial charge on any atom is -0.316 e. The molecule has 0 fully saturated rings. The molecule has 0 saturated carbocycles. The van der Waals surface area contributed by atoms with E-state index >= 15 is 0 Å². The molecular formula is C24H26N4O2S3. The number of carbonyl (C=O) groups is 1. The molecule has 33 heavy (non-hydrogen) atoms.